The third-order valence-electron chi connectivity index (χ3n) is 2.59. The Bertz CT molecular complexity index is 652. The van der Waals surface area contributed by atoms with Crippen molar-refractivity contribution in [2.24, 2.45) is 0 Å². The SMILES string of the molecule is N#Cc1ccc(Cl)cc1NCc1ccc(Br)cc1F. The van der Waals surface area contributed by atoms with Crippen LogP contribution in [0.25, 0.3) is 0 Å². The Kier molecular flexibility index (Phi) is 4.41. The number of rotatable bonds is 3. The fourth-order valence-electron chi connectivity index (χ4n) is 1.62. The lowest BCUT2D eigenvalue weighted by atomic mass is 10.1. The molecule has 2 aromatic carbocycles. The smallest absolute Gasteiger partial charge is 0.129 e. The molecule has 0 saturated carbocycles. The van der Waals surface area contributed by atoms with Gasteiger partial charge in [-0.15, -0.1) is 0 Å². The Morgan fingerprint density at radius 2 is 2.05 bits per heavy atom. The molecule has 0 fully saturated rings. The number of hydrogen-bond donors (Lipinski definition) is 1. The Hall–Kier alpha value is -1.57. The van der Waals surface area contributed by atoms with E-state index >= 15 is 0 Å². The number of nitriles is 1. The van der Waals surface area contributed by atoms with Crippen molar-refractivity contribution < 1.29 is 4.39 Å². The van der Waals surface area contributed by atoms with Gasteiger partial charge in [-0.2, -0.15) is 5.26 Å². The fourth-order valence-corrected chi connectivity index (χ4v) is 2.12. The van der Waals surface area contributed by atoms with Crippen molar-refractivity contribution in [3.8, 4) is 6.07 Å². The number of nitrogens with zero attached hydrogens (tertiary/aromatic N) is 1. The zero-order valence-corrected chi connectivity index (χ0v) is 12.1. The number of hydrogen-bond acceptors (Lipinski definition) is 2. The van der Waals surface area contributed by atoms with E-state index in [0.717, 1.165) is 0 Å². The minimum atomic E-state index is -0.303. The third kappa shape index (κ3) is 3.46. The van der Waals surface area contributed by atoms with E-state index in [-0.39, 0.29) is 12.4 Å². The third-order valence-corrected chi connectivity index (χ3v) is 3.31. The summed E-state index contributed by atoms with van der Waals surface area (Å²) in [4.78, 5) is 0. The van der Waals surface area contributed by atoms with E-state index < -0.39 is 0 Å². The normalized spacial score (nSPS) is 10.0. The van der Waals surface area contributed by atoms with Gasteiger partial charge < -0.3 is 5.32 Å². The first-order valence-corrected chi connectivity index (χ1v) is 6.64. The van der Waals surface area contributed by atoms with Crippen LogP contribution in [0.4, 0.5) is 10.1 Å². The van der Waals surface area contributed by atoms with E-state index in [1.807, 2.05) is 0 Å². The maximum absolute atomic E-state index is 13.7. The molecule has 0 aliphatic heterocycles. The summed E-state index contributed by atoms with van der Waals surface area (Å²) in [5.41, 5.74) is 1.59. The molecule has 0 aromatic heterocycles. The molecule has 0 unspecified atom stereocenters. The summed E-state index contributed by atoms with van der Waals surface area (Å²) in [6, 6.07) is 11.8. The van der Waals surface area contributed by atoms with Crippen LogP contribution in [0.15, 0.2) is 40.9 Å². The minimum Gasteiger partial charge on any atom is -0.380 e. The number of benzene rings is 2. The van der Waals surface area contributed by atoms with E-state index in [9.17, 15) is 4.39 Å². The Morgan fingerprint density at radius 3 is 2.74 bits per heavy atom. The van der Waals surface area contributed by atoms with Crippen molar-refractivity contribution in [1.82, 2.24) is 0 Å². The summed E-state index contributed by atoms with van der Waals surface area (Å²) >= 11 is 9.08. The molecule has 0 atom stereocenters. The number of halogens is 3. The van der Waals surface area contributed by atoms with Gasteiger partial charge in [0.2, 0.25) is 0 Å². The van der Waals surface area contributed by atoms with E-state index in [4.69, 9.17) is 16.9 Å². The lowest BCUT2D eigenvalue weighted by Crippen LogP contribution is -2.03. The molecule has 2 aromatic rings. The molecule has 5 heteroatoms. The Balaban J connectivity index is 2.19. The van der Waals surface area contributed by atoms with Crippen molar-refractivity contribution >= 4 is 33.2 Å². The van der Waals surface area contributed by atoms with Gasteiger partial charge in [0.15, 0.2) is 0 Å². The fraction of sp³-hybridized carbons (Fsp3) is 0.0714. The van der Waals surface area contributed by atoms with Crippen LogP contribution in [0.2, 0.25) is 5.02 Å². The van der Waals surface area contributed by atoms with Gasteiger partial charge in [0.25, 0.3) is 0 Å². The molecule has 19 heavy (non-hydrogen) atoms. The topological polar surface area (TPSA) is 35.8 Å². The van der Waals surface area contributed by atoms with Gasteiger partial charge >= 0.3 is 0 Å². The summed E-state index contributed by atoms with van der Waals surface area (Å²) in [5.74, 6) is -0.303. The van der Waals surface area contributed by atoms with Gasteiger partial charge in [-0.3, -0.25) is 0 Å². The summed E-state index contributed by atoms with van der Waals surface area (Å²) < 4.78 is 14.3. The first-order valence-electron chi connectivity index (χ1n) is 5.47. The first kappa shape index (κ1) is 13.9. The van der Waals surface area contributed by atoms with Crippen LogP contribution in [-0.4, -0.2) is 0 Å². The summed E-state index contributed by atoms with van der Waals surface area (Å²) in [7, 11) is 0. The molecule has 0 aliphatic carbocycles. The summed E-state index contributed by atoms with van der Waals surface area (Å²) in [5, 5.41) is 12.5. The Labute approximate surface area is 123 Å². The van der Waals surface area contributed by atoms with Gasteiger partial charge in [-0.05, 0) is 30.3 Å². The second kappa shape index (κ2) is 6.05. The highest BCUT2D eigenvalue weighted by Crippen LogP contribution is 2.22. The summed E-state index contributed by atoms with van der Waals surface area (Å²) in [6.45, 7) is 0.286. The van der Waals surface area contributed by atoms with Gasteiger partial charge in [0, 0.05) is 21.6 Å². The number of nitrogens with one attached hydrogen (secondary N) is 1. The molecule has 1 N–H and O–H groups in total. The molecule has 0 saturated heterocycles. The molecule has 2 rings (SSSR count). The van der Waals surface area contributed by atoms with Gasteiger partial charge in [-0.25, -0.2) is 4.39 Å². The summed E-state index contributed by atoms with van der Waals surface area (Å²) in [6.07, 6.45) is 0. The molecular formula is C14H9BrClFN2. The number of anilines is 1. The second-order valence-corrected chi connectivity index (χ2v) is 5.24. The zero-order chi connectivity index (χ0) is 13.8. The van der Waals surface area contributed by atoms with Crippen molar-refractivity contribution in [1.29, 1.82) is 5.26 Å². The van der Waals surface area contributed by atoms with E-state index in [2.05, 4.69) is 27.3 Å². The highest BCUT2D eigenvalue weighted by molar-refractivity contribution is 9.10. The largest absolute Gasteiger partial charge is 0.380 e. The first-order chi connectivity index (χ1) is 9.10. The maximum atomic E-state index is 13.7. The average Bonchev–Trinajstić information content (AvgIpc) is 2.38. The molecule has 2 nitrogen and oxygen atoms in total. The van der Waals surface area contributed by atoms with E-state index in [1.165, 1.54) is 6.07 Å². The van der Waals surface area contributed by atoms with Crippen molar-refractivity contribution in [3.63, 3.8) is 0 Å². The molecule has 0 heterocycles. The van der Waals surface area contributed by atoms with Crippen LogP contribution in [0.3, 0.4) is 0 Å². The second-order valence-electron chi connectivity index (χ2n) is 3.89. The van der Waals surface area contributed by atoms with Crippen molar-refractivity contribution in [2.45, 2.75) is 6.54 Å². The highest BCUT2D eigenvalue weighted by Gasteiger charge is 2.06. The van der Waals surface area contributed by atoms with Crippen LogP contribution in [-0.2, 0) is 6.54 Å². The molecule has 0 aliphatic rings. The quantitative estimate of drug-likeness (QED) is 0.878. The van der Waals surface area contributed by atoms with Crippen LogP contribution in [0.5, 0.6) is 0 Å². The zero-order valence-electron chi connectivity index (χ0n) is 9.75. The minimum absolute atomic E-state index is 0.286. The lowest BCUT2D eigenvalue weighted by Gasteiger charge is -2.09. The molecule has 0 spiro atoms. The standard InChI is InChI=1S/C14H9BrClFN2/c15-11-3-1-10(13(17)5-11)8-19-14-6-12(16)4-2-9(14)7-18/h1-6,19H,8H2. The average molecular weight is 340 g/mol. The van der Waals surface area contributed by atoms with Crippen LogP contribution < -0.4 is 5.32 Å². The molecule has 0 bridgehead atoms. The van der Waals surface area contributed by atoms with Gasteiger partial charge in [-0.1, -0.05) is 33.6 Å². The predicted octanol–water partition coefficient (Wildman–Crippen LogP) is 4.73. The monoisotopic (exact) mass is 338 g/mol. The molecule has 0 amide bonds. The van der Waals surface area contributed by atoms with Crippen molar-refractivity contribution in [3.05, 3.63) is 62.8 Å². The maximum Gasteiger partial charge on any atom is 0.129 e. The van der Waals surface area contributed by atoms with Crippen LogP contribution >= 0.6 is 27.5 Å². The molecular weight excluding hydrogens is 331 g/mol. The van der Waals surface area contributed by atoms with Crippen molar-refractivity contribution in [2.75, 3.05) is 5.32 Å². The lowest BCUT2D eigenvalue weighted by molar-refractivity contribution is 0.612. The molecule has 0 radical (unpaired) electrons. The highest BCUT2D eigenvalue weighted by atomic mass is 79.9. The van der Waals surface area contributed by atoms with Crippen LogP contribution in [0.1, 0.15) is 11.1 Å². The van der Waals surface area contributed by atoms with E-state index in [0.29, 0.717) is 26.3 Å². The van der Waals surface area contributed by atoms with Gasteiger partial charge in [0.1, 0.15) is 11.9 Å². The molecule has 96 valence electrons. The van der Waals surface area contributed by atoms with Crippen LogP contribution in [0, 0.1) is 17.1 Å². The van der Waals surface area contributed by atoms with E-state index in [1.54, 1.807) is 30.3 Å². The van der Waals surface area contributed by atoms with Gasteiger partial charge in [0.05, 0.1) is 11.3 Å². The Morgan fingerprint density at radius 1 is 1.26 bits per heavy atom. The predicted molar refractivity (Wildman–Crippen MR) is 77.6 cm³/mol.